The Bertz CT molecular complexity index is 504. The monoisotopic (exact) mass is 273 g/mol. The van der Waals surface area contributed by atoms with Gasteiger partial charge >= 0.3 is 0 Å². The molecule has 1 aromatic carbocycles. The van der Waals surface area contributed by atoms with Crippen LogP contribution in [-0.2, 0) is 13.1 Å². The van der Waals surface area contributed by atoms with Crippen molar-refractivity contribution in [1.82, 2.24) is 15.1 Å². The van der Waals surface area contributed by atoms with Gasteiger partial charge < -0.3 is 5.32 Å². The van der Waals surface area contributed by atoms with Gasteiger partial charge in [-0.1, -0.05) is 24.3 Å². The van der Waals surface area contributed by atoms with E-state index in [1.807, 2.05) is 34.9 Å². The maximum atomic E-state index is 4.28. The zero-order valence-electron chi connectivity index (χ0n) is 11.0. The SMILES string of the molecule is c1ccc(Cn2cccn2)c(CN[C@H]2CCSC2)c1. The highest BCUT2D eigenvalue weighted by Crippen LogP contribution is 2.18. The van der Waals surface area contributed by atoms with Crippen molar-refractivity contribution in [3.8, 4) is 0 Å². The predicted octanol–water partition coefficient (Wildman–Crippen LogP) is 2.53. The summed E-state index contributed by atoms with van der Waals surface area (Å²) in [6.45, 7) is 1.81. The fourth-order valence-corrected chi connectivity index (χ4v) is 3.59. The smallest absolute Gasteiger partial charge is 0.0662 e. The topological polar surface area (TPSA) is 29.9 Å². The average Bonchev–Trinajstić information content (AvgIpc) is 3.10. The van der Waals surface area contributed by atoms with Gasteiger partial charge in [0.2, 0.25) is 0 Å². The van der Waals surface area contributed by atoms with Crippen molar-refractivity contribution in [2.24, 2.45) is 0 Å². The lowest BCUT2D eigenvalue weighted by atomic mass is 10.1. The highest BCUT2D eigenvalue weighted by molar-refractivity contribution is 7.99. The minimum atomic E-state index is 0.683. The Morgan fingerprint density at radius 3 is 2.89 bits per heavy atom. The van der Waals surface area contributed by atoms with Gasteiger partial charge in [-0.2, -0.15) is 16.9 Å². The van der Waals surface area contributed by atoms with Crippen LogP contribution in [0.4, 0.5) is 0 Å². The molecule has 0 aliphatic carbocycles. The Hall–Kier alpha value is -1.26. The van der Waals surface area contributed by atoms with Crippen LogP contribution in [0.15, 0.2) is 42.7 Å². The van der Waals surface area contributed by atoms with Gasteiger partial charge in [0.25, 0.3) is 0 Å². The number of aromatic nitrogens is 2. The molecule has 1 aromatic heterocycles. The summed E-state index contributed by atoms with van der Waals surface area (Å²) in [6.07, 6.45) is 5.14. The second kappa shape index (κ2) is 6.26. The van der Waals surface area contributed by atoms with E-state index in [1.165, 1.54) is 29.1 Å². The van der Waals surface area contributed by atoms with E-state index >= 15 is 0 Å². The number of hydrogen-bond donors (Lipinski definition) is 1. The van der Waals surface area contributed by atoms with Gasteiger partial charge in [0.1, 0.15) is 0 Å². The zero-order chi connectivity index (χ0) is 12.9. The van der Waals surface area contributed by atoms with Crippen molar-refractivity contribution < 1.29 is 0 Å². The first-order valence-electron chi connectivity index (χ1n) is 6.77. The van der Waals surface area contributed by atoms with E-state index in [4.69, 9.17) is 0 Å². The van der Waals surface area contributed by atoms with Gasteiger partial charge in [-0.05, 0) is 29.4 Å². The summed E-state index contributed by atoms with van der Waals surface area (Å²) < 4.78 is 1.98. The Balaban J connectivity index is 1.66. The van der Waals surface area contributed by atoms with Crippen molar-refractivity contribution in [2.45, 2.75) is 25.6 Å². The fourth-order valence-electron chi connectivity index (χ4n) is 2.40. The summed E-state index contributed by atoms with van der Waals surface area (Å²) in [7, 11) is 0. The molecule has 0 unspecified atom stereocenters. The minimum Gasteiger partial charge on any atom is -0.309 e. The lowest BCUT2D eigenvalue weighted by Gasteiger charge is -2.14. The normalized spacial score (nSPS) is 18.8. The lowest BCUT2D eigenvalue weighted by molar-refractivity contribution is 0.553. The maximum absolute atomic E-state index is 4.28. The molecule has 3 rings (SSSR count). The van der Waals surface area contributed by atoms with E-state index in [2.05, 4.69) is 34.7 Å². The van der Waals surface area contributed by atoms with E-state index in [9.17, 15) is 0 Å². The third kappa shape index (κ3) is 3.39. The van der Waals surface area contributed by atoms with Crippen LogP contribution in [0, 0.1) is 0 Å². The first kappa shape index (κ1) is 12.8. The second-order valence-electron chi connectivity index (χ2n) is 4.91. The quantitative estimate of drug-likeness (QED) is 0.908. The number of benzene rings is 1. The van der Waals surface area contributed by atoms with Gasteiger partial charge in [-0.3, -0.25) is 4.68 Å². The second-order valence-corrected chi connectivity index (χ2v) is 6.06. The van der Waals surface area contributed by atoms with E-state index in [0.717, 1.165) is 13.1 Å². The summed E-state index contributed by atoms with van der Waals surface area (Å²) in [6, 6.07) is 11.3. The number of nitrogens with one attached hydrogen (secondary N) is 1. The Morgan fingerprint density at radius 2 is 2.16 bits per heavy atom. The van der Waals surface area contributed by atoms with E-state index in [1.54, 1.807) is 0 Å². The molecule has 0 radical (unpaired) electrons. The number of nitrogens with zero attached hydrogens (tertiary/aromatic N) is 2. The third-order valence-electron chi connectivity index (χ3n) is 3.52. The molecule has 1 aliphatic heterocycles. The Kier molecular flexibility index (Phi) is 4.20. The van der Waals surface area contributed by atoms with Gasteiger partial charge in [-0.25, -0.2) is 0 Å². The third-order valence-corrected chi connectivity index (χ3v) is 4.68. The molecule has 3 nitrogen and oxygen atoms in total. The first-order chi connectivity index (χ1) is 9.42. The Morgan fingerprint density at radius 1 is 1.26 bits per heavy atom. The van der Waals surface area contributed by atoms with E-state index in [-0.39, 0.29) is 0 Å². The molecule has 100 valence electrons. The predicted molar refractivity (Wildman–Crippen MR) is 80.3 cm³/mol. The molecular weight excluding hydrogens is 254 g/mol. The highest BCUT2D eigenvalue weighted by atomic mass is 32.2. The molecular formula is C15H19N3S. The fraction of sp³-hybridized carbons (Fsp3) is 0.400. The number of thioether (sulfide) groups is 1. The molecule has 0 spiro atoms. The molecule has 2 aromatic rings. The summed E-state index contributed by atoms with van der Waals surface area (Å²) in [5, 5.41) is 7.95. The minimum absolute atomic E-state index is 0.683. The van der Waals surface area contributed by atoms with Crippen molar-refractivity contribution in [3.63, 3.8) is 0 Å². The Labute approximate surface area is 118 Å². The maximum Gasteiger partial charge on any atom is 0.0662 e. The summed E-state index contributed by atoms with van der Waals surface area (Å²) >= 11 is 2.05. The first-order valence-corrected chi connectivity index (χ1v) is 7.92. The molecule has 1 aliphatic rings. The molecule has 2 heterocycles. The van der Waals surface area contributed by atoms with Crippen LogP contribution in [0.3, 0.4) is 0 Å². The lowest BCUT2D eigenvalue weighted by Crippen LogP contribution is -2.28. The van der Waals surface area contributed by atoms with E-state index < -0.39 is 0 Å². The highest BCUT2D eigenvalue weighted by Gasteiger charge is 2.14. The van der Waals surface area contributed by atoms with Gasteiger partial charge in [-0.15, -0.1) is 0 Å². The van der Waals surface area contributed by atoms with E-state index in [0.29, 0.717) is 6.04 Å². The molecule has 19 heavy (non-hydrogen) atoms. The zero-order valence-corrected chi connectivity index (χ0v) is 11.8. The summed E-state index contributed by atoms with van der Waals surface area (Å²) in [4.78, 5) is 0. The van der Waals surface area contributed by atoms with Crippen LogP contribution >= 0.6 is 11.8 Å². The van der Waals surface area contributed by atoms with Gasteiger partial charge in [0.15, 0.2) is 0 Å². The standard InChI is InChI=1S/C15H19N3S/c1-2-5-14(11-18-8-3-7-17-18)13(4-1)10-16-15-6-9-19-12-15/h1-5,7-8,15-16H,6,9-12H2/t15-/m0/s1. The number of hydrogen-bond acceptors (Lipinski definition) is 3. The molecule has 1 fully saturated rings. The summed E-state index contributed by atoms with van der Waals surface area (Å²) in [5.41, 5.74) is 2.74. The summed E-state index contributed by atoms with van der Waals surface area (Å²) in [5.74, 6) is 2.55. The van der Waals surface area contributed by atoms with Crippen LogP contribution in [0.5, 0.6) is 0 Å². The van der Waals surface area contributed by atoms with Crippen molar-refractivity contribution in [2.75, 3.05) is 11.5 Å². The van der Waals surface area contributed by atoms with Gasteiger partial charge in [0.05, 0.1) is 6.54 Å². The van der Waals surface area contributed by atoms with Crippen LogP contribution in [-0.4, -0.2) is 27.3 Å². The van der Waals surface area contributed by atoms with Crippen LogP contribution < -0.4 is 5.32 Å². The average molecular weight is 273 g/mol. The van der Waals surface area contributed by atoms with Crippen molar-refractivity contribution in [3.05, 3.63) is 53.9 Å². The molecule has 0 bridgehead atoms. The van der Waals surface area contributed by atoms with Crippen LogP contribution in [0.25, 0.3) is 0 Å². The largest absolute Gasteiger partial charge is 0.309 e. The van der Waals surface area contributed by atoms with Crippen LogP contribution in [0.2, 0.25) is 0 Å². The molecule has 1 saturated heterocycles. The molecule has 1 atom stereocenters. The number of rotatable bonds is 5. The molecule has 1 N–H and O–H groups in total. The molecule has 4 heteroatoms. The molecule has 0 amide bonds. The van der Waals surface area contributed by atoms with Crippen molar-refractivity contribution >= 4 is 11.8 Å². The van der Waals surface area contributed by atoms with Gasteiger partial charge in [0, 0.05) is 30.7 Å². The van der Waals surface area contributed by atoms with Crippen molar-refractivity contribution in [1.29, 1.82) is 0 Å². The molecule has 0 saturated carbocycles. The van der Waals surface area contributed by atoms with Crippen LogP contribution in [0.1, 0.15) is 17.5 Å².